The second-order valence-corrected chi connectivity index (χ2v) is 3.37. The van der Waals surface area contributed by atoms with Gasteiger partial charge in [-0.15, -0.1) is 0 Å². The molecule has 0 spiro atoms. The van der Waals surface area contributed by atoms with E-state index < -0.39 is 0 Å². The number of methoxy groups -OCH3 is 1. The number of halogens is 1. The van der Waals surface area contributed by atoms with Gasteiger partial charge in [-0.1, -0.05) is 11.6 Å². The van der Waals surface area contributed by atoms with Gasteiger partial charge in [0.1, 0.15) is 0 Å². The highest BCUT2D eigenvalue weighted by molar-refractivity contribution is 6.32. The number of phenols is 1. The van der Waals surface area contributed by atoms with Gasteiger partial charge in [0, 0.05) is 11.1 Å². The quantitative estimate of drug-likeness (QED) is 0.770. The summed E-state index contributed by atoms with van der Waals surface area (Å²) >= 11 is 5.82. The number of hydrogen-bond donors (Lipinski definition) is 1. The second kappa shape index (κ2) is 3.88. The average Bonchev–Trinajstić information content (AvgIpc) is 2.10. The lowest BCUT2D eigenvalue weighted by Gasteiger charge is -2.11. The summed E-state index contributed by atoms with van der Waals surface area (Å²) in [6.07, 6.45) is 0. The highest BCUT2D eigenvalue weighted by Crippen LogP contribution is 2.36. The van der Waals surface area contributed by atoms with Crippen LogP contribution in [0.4, 0.5) is 0 Å². The zero-order valence-corrected chi connectivity index (χ0v) is 8.97. The zero-order chi connectivity index (χ0) is 10.9. The summed E-state index contributed by atoms with van der Waals surface area (Å²) in [7, 11) is 1.40. The lowest BCUT2D eigenvalue weighted by Crippen LogP contribution is -2.01. The van der Waals surface area contributed by atoms with Crippen molar-refractivity contribution in [1.29, 1.82) is 0 Å². The van der Waals surface area contributed by atoms with Crippen LogP contribution in [0.3, 0.4) is 0 Å². The second-order valence-electron chi connectivity index (χ2n) is 2.97. The molecule has 0 heterocycles. The Balaban J connectivity index is 3.56. The molecule has 0 amide bonds. The van der Waals surface area contributed by atoms with Crippen molar-refractivity contribution in [2.45, 2.75) is 13.8 Å². The predicted molar refractivity (Wildman–Crippen MR) is 54.4 cm³/mol. The molecule has 76 valence electrons. The molecule has 1 rings (SSSR count). The van der Waals surface area contributed by atoms with Crippen LogP contribution >= 0.6 is 11.6 Å². The molecule has 1 N–H and O–H groups in total. The molecule has 0 aliphatic heterocycles. The summed E-state index contributed by atoms with van der Waals surface area (Å²) < 4.78 is 4.94. The number of Topliss-reactive ketones (excluding diaryl/α,β-unsaturated/α-hetero) is 1. The number of benzene rings is 1. The Morgan fingerprint density at radius 2 is 2.14 bits per heavy atom. The molecule has 0 saturated carbocycles. The van der Waals surface area contributed by atoms with Gasteiger partial charge in [0.05, 0.1) is 12.7 Å². The highest BCUT2D eigenvalue weighted by atomic mass is 35.5. The van der Waals surface area contributed by atoms with E-state index in [4.69, 9.17) is 16.3 Å². The van der Waals surface area contributed by atoms with Gasteiger partial charge in [-0.2, -0.15) is 0 Å². The molecular weight excluding hydrogens is 204 g/mol. The van der Waals surface area contributed by atoms with E-state index >= 15 is 0 Å². The number of hydrogen-bond acceptors (Lipinski definition) is 3. The summed E-state index contributed by atoms with van der Waals surface area (Å²) in [5.74, 6) is -0.121. The zero-order valence-electron chi connectivity index (χ0n) is 8.22. The Bertz CT molecular complexity index is 385. The number of phenolic OH excluding ortho intramolecular Hbond substituents is 1. The SMILES string of the molecule is COc1c(O)cc(Cl)c(C)c1C(C)=O. The maximum absolute atomic E-state index is 11.3. The van der Waals surface area contributed by atoms with Gasteiger partial charge in [-0.05, 0) is 19.4 Å². The molecule has 0 aliphatic carbocycles. The average molecular weight is 215 g/mol. The number of carbonyl (C=O) groups is 1. The van der Waals surface area contributed by atoms with Crippen LogP contribution < -0.4 is 4.74 Å². The van der Waals surface area contributed by atoms with Gasteiger partial charge in [0.25, 0.3) is 0 Å². The Labute approximate surface area is 87.3 Å². The molecular formula is C10H11ClO3. The predicted octanol–water partition coefficient (Wildman–Crippen LogP) is 2.57. The Morgan fingerprint density at radius 1 is 1.57 bits per heavy atom. The lowest BCUT2D eigenvalue weighted by atomic mass is 10.0. The monoisotopic (exact) mass is 214 g/mol. The van der Waals surface area contributed by atoms with E-state index in [0.717, 1.165) is 0 Å². The van der Waals surface area contributed by atoms with Crippen LogP contribution in [-0.2, 0) is 0 Å². The van der Waals surface area contributed by atoms with Crippen molar-refractivity contribution >= 4 is 17.4 Å². The largest absolute Gasteiger partial charge is 0.504 e. The number of aromatic hydroxyl groups is 1. The molecule has 0 aliphatic rings. The fraction of sp³-hybridized carbons (Fsp3) is 0.300. The summed E-state index contributed by atoms with van der Waals surface area (Å²) in [5, 5.41) is 9.84. The molecule has 1 aromatic rings. The maximum Gasteiger partial charge on any atom is 0.171 e. The molecule has 0 fully saturated rings. The molecule has 3 nitrogen and oxygen atoms in total. The van der Waals surface area contributed by atoms with Gasteiger partial charge >= 0.3 is 0 Å². The van der Waals surface area contributed by atoms with E-state index in [9.17, 15) is 9.90 Å². The van der Waals surface area contributed by atoms with Crippen molar-refractivity contribution in [3.63, 3.8) is 0 Å². The first-order valence-corrected chi connectivity index (χ1v) is 4.43. The van der Waals surface area contributed by atoms with E-state index in [1.54, 1.807) is 6.92 Å². The molecule has 0 saturated heterocycles. The molecule has 4 heteroatoms. The van der Waals surface area contributed by atoms with Crippen LogP contribution in [0, 0.1) is 6.92 Å². The normalized spacial score (nSPS) is 10.0. The number of ether oxygens (including phenoxy) is 1. The van der Waals surface area contributed by atoms with Crippen molar-refractivity contribution in [3.8, 4) is 11.5 Å². The first-order valence-electron chi connectivity index (χ1n) is 4.06. The number of rotatable bonds is 2. The molecule has 14 heavy (non-hydrogen) atoms. The van der Waals surface area contributed by atoms with Gasteiger partial charge in [0.2, 0.25) is 0 Å². The standard InChI is InChI=1S/C10H11ClO3/c1-5-7(11)4-8(13)10(14-3)9(5)6(2)12/h4,13H,1-3H3. The Morgan fingerprint density at radius 3 is 2.57 bits per heavy atom. The van der Waals surface area contributed by atoms with Gasteiger partial charge < -0.3 is 9.84 Å². The first-order chi connectivity index (χ1) is 6.49. The molecule has 0 unspecified atom stereocenters. The van der Waals surface area contributed by atoms with Gasteiger partial charge in [-0.3, -0.25) is 4.79 Å². The van der Waals surface area contributed by atoms with Crippen LogP contribution in [0.2, 0.25) is 5.02 Å². The topological polar surface area (TPSA) is 46.5 Å². The smallest absolute Gasteiger partial charge is 0.171 e. The Hall–Kier alpha value is -1.22. The number of ketones is 1. The van der Waals surface area contributed by atoms with Crippen molar-refractivity contribution in [1.82, 2.24) is 0 Å². The maximum atomic E-state index is 11.3. The Kier molecular flexibility index (Phi) is 3.01. The molecule has 0 radical (unpaired) electrons. The third kappa shape index (κ3) is 1.68. The van der Waals surface area contributed by atoms with Gasteiger partial charge in [0.15, 0.2) is 17.3 Å². The molecule has 0 aromatic heterocycles. The van der Waals surface area contributed by atoms with Crippen LogP contribution in [0.1, 0.15) is 22.8 Å². The molecule has 1 aromatic carbocycles. The van der Waals surface area contributed by atoms with E-state index in [2.05, 4.69) is 0 Å². The third-order valence-electron chi connectivity index (χ3n) is 2.01. The minimum Gasteiger partial charge on any atom is -0.504 e. The summed E-state index contributed by atoms with van der Waals surface area (Å²) in [5.41, 5.74) is 0.950. The minimum atomic E-state index is -0.183. The van der Waals surface area contributed by atoms with E-state index in [1.807, 2.05) is 0 Å². The van der Waals surface area contributed by atoms with Crippen LogP contribution in [0.25, 0.3) is 0 Å². The van der Waals surface area contributed by atoms with Crippen LogP contribution in [-0.4, -0.2) is 18.0 Å². The number of carbonyl (C=O) groups excluding carboxylic acids is 1. The van der Waals surface area contributed by atoms with Crippen LogP contribution in [0.5, 0.6) is 11.5 Å². The van der Waals surface area contributed by atoms with E-state index in [1.165, 1.54) is 20.1 Å². The van der Waals surface area contributed by atoms with Crippen molar-refractivity contribution in [2.75, 3.05) is 7.11 Å². The van der Waals surface area contributed by atoms with Gasteiger partial charge in [-0.25, -0.2) is 0 Å². The molecule has 0 bridgehead atoms. The lowest BCUT2D eigenvalue weighted by molar-refractivity contribution is 0.101. The molecule has 0 atom stereocenters. The third-order valence-corrected chi connectivity index (χ3v) is 2.41. The fourth-order valence-corrected chi connectivity index (χ4v) is 1.54. The van der Waals surface area contributed by atoms with Crippen molar-refractivity contribution in [3.05, 3.63) is 22.2 Å². The summed E-state index contributed by atoms with van der Waals surface area (Å²) in [4.78, 5) is 11.3. The van der Waals surface area contributed by atoms with Crippen molar-refractivity contribution < 1.29 is 14.6 Å². The van der Waals surface area contributed by atoms with E-state index in [0.29, 0.717) is 16.1 Å². The first kappa shape index (κ1) is 10.9. The summed E-state index contributed by atoms with van der Waals surface area (Å²) in [6.45, 7) is 3.11. The van der Waals surface area contributed by atoms with Crippen molar-refractivity contribution in [2.24, 2.45) is 0 Å². The highest BCUT2D eigenvalue weighted by Gasteiger charge is 2.18. The minimum absolute atomic E-state index is 0.117. The van der Waals surface area contributed by atoms with Crippen LogP contribution in [0.15, 0.2) is 6.07 Å². The fourth-order valence-electron chi connectivity index (χ4n) is 1.34. The summed E-state index contributed by atoms with van der Waals surface area (Å²) in [6, 6.07) is 1.36. The van der Waals surface area contributed by atoms with E-state index in [-0.39, 0.29) is 17.3 Å².